The van der Waals surface area contributed by atoms with Crippen molar-refractivity contribution in [2.75, 3.05) is 5.32 Å². The smallest absolute Gasteiger partial charge is 0.313 e. The SMILES string of the molecule is Cc1ccc(F)cc1NC(=O)C(=O)NCc1ccncc1. The van der Waals surface area contributed by atoms with Crippen molar-refractivity contribution in [2.24, 2.45) is 0 Å². The molecule has 0 atom stereocenters. The molecule has 0 aliphatic carbocycles. The highest BCUT2D eigenvalue weighted by molar-refractivity contribution is 6.39. The molecule has 2 N–H and O–H groups in total. The van der Waals surface area contributed by atoms with Crippen LogP contribution in [0.3, 0.4) is 0 Å². The zero-order chi connectivity index (χ0) is 15.2. The van der Waals surface area contributed by atoms with Crippen LogP contribution in [0, 0.1) is 12.7 Å². The lowest BCUT2D eigenvalue weighted by atomic mass is 10.2. The number of pyridine rings is 1. The van der Waals surface area contributed by atoms with Gasteiger partial charge in [-0.2, -0.15) is 0 Å². The van der Waals surface area contributed by atoms with E-state index in [1.54, 1.807) is 31.5 Å². The Morgan fingerprint density at radius 2 is 1.86 bits per heavy atom. The van der Waals surface area contributed by atoms with Crippen LogP contribution in [-0.2, 0) is 16.1 Å². The van der Waals surface area contributed by atoms with Gasteiger partial charge in [-0.3, -0.25) is 14.6 Å². The zero-order valence-corrected chi connectivity index (χ0v) is 11.4. The van der Waals surface area contributed by atoms with Crippen molar-refractivity contribution in [2.45, 2.75) is 13.5 Å². The summed E-state index contributed by atoms with van der Waals surface area (Å²) >= 11 is 0. The van der Waals surface area contributed by atoms with E-state index >= 15 is 0 Å². The number of hydrogen-bond acceptors (Lipinski definition) is 3. The summed E-state index contributed by atoms with van der Waals surface area (Å²) in [5, 5.41) is 4.86. The zero-order valence-electron chi connectivity index (χ0n) is 11.4. The predicted molar refractivity (Wildman–Crippen MR) is 75.9 cm³/mol. The van der Waals surface area contributed by atoms with Crippen LogP contribution in [0.15, 0.2) is 42.7 Å². The number of nitrogens with one attached hydrogen (secondary N) is 2. The number of hydrogen-bond donors (Lipinski definition) is 2. The van der Waals surface area contributed by atoms with E-state index in [0.29, 0.717) is 5.56 Å². The van der Waals surface area contributed by atoms with Crippen molar-refractivity contribution in [3.8, 4) is 0 Å². The molecule has 21 heavy (non-hydrogen) atoms. The molecule has 1 heterocycles. The topological polar surface area (TPSA) is 71.1 Å². The molecule has 6 heteroatoms. The third-order valence-electron chi connectivity index (χ3n) is 2.86. The maximum atomic E-state index is 13.1. The number of nitrogens with zero attached hydrogens (tertiary/aromatic N) is 1. The van der Waals surface area contributed by atoms with Crippen LogP contribution in [0.4, 0.5) is 10.1 Å². The van der Waals surface area contributed by atoms with Crippen molar-refractivity contribution in [3.63, 3.8) is 0 Å². The molecule has 2 rings (SSSR count). The maximum Gasteiger partial charge on any atom is 0.313 e. The molecule has 2 amide bonds. The first-order valence-corrected chi connectivity index (χ1v) is 6.30. The van der Waals surface area contributed by atoms with Crippen molar-refractivity contribution in [3.05, 3.63) is 59.7 Å². The quantitative estimate of drug-likeness (QED) is 0.845. The molecule has 0 saturated carbocycles. The molecule has 0 radical (unpaired) electrons. The summed E-state index contributed by atoms with van der Waals surface area (Å²) in [6.45, 7) is 1.93. The average Bonchev–Trinajstić information content (AvgIpc) is 2.49. The largest absolute Gasteiger partial charge is 0.344 e. The van der Waals surface area contributed by atoms with Gasteiger partial charge >= 0.3 is 11.8 Å². The van der Waals surface area contributed by atoms with E-state index in [4.69, 9.17) is 0 Å². The lowest BCUT2D eigenvalue weighted by Crippen LogP contribution is -2.35. The maximum absolute atomic E-state index is 13.1. The van der Waals surface area contributed by atoms with Crippen molar-refractivity contribution < 1.29 is 14.0 Å². The molecule has 0 saturated heterocycles. The third-order valence-corrected chi connectivity index (χ3v) is 2.86. The normalized spacial score (nSPS) is 10.0. The second kappa shape index (κ2) is 6.60. The first-order valence-electron chi connectivity index (χ1n) is 6.30. The Bertz CT molecular complexity index is 659. The van der Waals surface area contributed by atoms with Crippen molar-refractivity contribution >= 4 is 17.5 Å². The van der Waals surface area contributed by atoms with E-state index in [0.717, 1.165) is 5.56 Å². The standard InChI is InChI=1S/C15H14FN3O2/c1-10-2-3-12(16)8-13(10)19-15(21)14(20)18-9-11-4-6-17-7-5-11/h2-8H,9H2,1H3,(H,18,20)(H,19,21). The number of anilines is 1. The summed E-state index contributed by atoms with van der Waals surface area (Å²) in [7, 11) is 0. The van der Waals surface area contributed by atoms with Crippen LogP contribution in [0.25, 0.3) is 0 Å². The molecular formula is C15H14FN3O2. The van der Waals surface area contributed by atoms with Crippen molar-refractivity contribution in [1.82, 2.24) is 10.3 Å². The minimum atomic E-state index is -0.835. The fourth-order valence-corrected chi connectivity index (χ4v) is 1.67. The van der Waals surface area contributed by atoms with E-state index in [-0.39, 0.29) is 12.2 Å². The first-order chi connectivity index (χ1) is 10.1. The van der Waals surface area contributed by atoms with Gasteiger partial charge in [0.25, 0.3) is 0 Å². The molecule has 108 valence electrons. The highest BCUT2D eigenvalue weighted by atomic mass is 19.1. The van der Waals surface area contributed by atoms with E-state index < -0.39 is 17.6 Å². The Morgan fingerprint density at radius 1 is 1.14 bits per heavy atom. The van der Waals surface area contributed by atoms with Crippen LogP contribution >= 0.6 is 0 Å². The predicted octanol–water partition coefficient (Wildman–Crippen LogP) is 1.78. The second-order valence-electron chi connectivity index (χ2n) is 4.45. The number of amides is 2. The molecular weight excluding hydrogens is 273 g/mol. The summed E-state index contributed by atoms with van der Waals surface area (Å²) < 4.78 is 13.1. The fraction of sp³-hybridized carbons (Fsp3) is 0.133. The molecule has 2 aromatic rings. The van der Waals surface area contributed by atoms with Crippen molar-refractivity contribution in [1.29, 1.82) is 0 Å². The number of carbonyl (C=O) groups excluding carboxylic acids is 2. The van der Waals surface area contributed by atoms with E-state index in [1.807, 2.05) is 0 Å². The molecule has 1 aromatic carbocycles. The minimum absolute atomic E-state index is 0.219. The van der Waals surface area contributed by atoms with Gasteiger partial charge in [0.2, 0.25) is 0 Å². The summed E-state index contributed by atoms with van der Waals surface area (Å²) in [6.07, 6.45) is 3.19. The van der Waals surface area contributed by atoms with E-state index in [1.165, 1.54) is 18.2 Å². The molecule has 5 nitrogen and oxygen atoms in total. The van der Waals surface area contributed by atoms with Crippen LogP contribution in [0.2, 0.25) is 0 Å². The monoisotopic (exact) mass is 287 g/mol. The number of carbonyl (C=O) groups is 2. The van der Waals surface area contributed by atoms with E-state index in [9.17, 15) is 14.0 Å². The minimum Gasteiger partial charge on any atom is -0.344 e. The molecule has 0 aliphatic rings. The molecule has 0 bridgehead atoms. The van der Waals surface area contributed by atoms with Gasteiger partial charge in [-0.15, -0.1) is 0 Å². The first kappa shape index (κ1) is 14.6. The van der Waals surface area contributed by atoms with Crippen LogP contribution < -0.4 is 10.6 Å². The molecule has 0 fully saturated rings. The lowest BCUT2D eigenvalue weighted by Gasteiger charge is -2.09. The molecule has 0 spiro atoms. The Kier molecular flexibility index (Phi) is 4.61. The second-order valence-corrected chi connectivity index (χ2v) is 4.45. The molecule has 0 unspecified atom stereocenters. The highest BCUT2D eigenvalue weighted by Crippen LogP contribution is 2.15. The van der Waals surface area contributed by atoms with Crippen LogP contribution in [0.5, 0.6) is 0 Å². The highest BCUT2D eigenvalue weighted by Gasteiger charge is 2.14. The van der Waals surface area contributed by atoms with Gasteiger partial charge in [-0.05, 0) is 42.3 Å². The number of halogens is 1. The summed E-state index contributed by atoms with van der Waals surface area (Å²) in [4.78, 5) is 27.3. The van der Waals surface area contributed by atoms with Gasteiger partial charge in [-0.1, -0.05) is 6.07 Å². The van der Waals surface area contributed by atoms with Crippen LogP contribution in [-0.4, -0.2) is 16.8 Å². The summed E-state index contributed by atoms with van der Waals surface area (Å²) in [5.41, 5.74) is 1.78. The van der Waals surface area contributed by atoms with Gasteiger partial charge < -0.3 is 10.6 Å². The van der Waals surface area contributed by atoms with Gasteiger partial charge in [0.15, 0.2) is 0 Å². The number of aryl methyl sites for hydroxylation is 1. The fourth-order valence-electron chi connectivity index (χ4n) is 1.67. The van der Waals surface area contributed by atoms with Gasteiger partial charge in [0.1, 0.15) is 5.82 Å². The Balaban J connectivity index is 1.94. The van der Waals surface area contributed by atoms with Gasteiger partial charge in [0.05, 0.1) is 0 Å². The molecule has 0 aliphatic heterocycles. The number of rotatable bonds is 3. The summed E-state index contributed by atoms with van der Waals surface area (Å²) in [6, 6.07) is 7.45. The third kappa shape index (κ3) is 4.10. The van der Waals surface area contributed by atoms with E-state index in [2.05, 4.69) is 15.6 Å². The lowest BCUT2D eigenvalue weighted by molar-refractivity contribution is -0.136. The Labute approximate surface area is 121 Å². The number of aromatic nitrogens is 1. The van der Waals surface area contributed by atoms with Gasteiger partial charge in [-0.25, -0.2) is 4.39 Å². The van der Waals surface area contributed by atoms with Gasteiger partial charge in [0, 0.05) is 24.6 Å². The van der Waals surface area contributed by atoms with Crippen LogP contribution in [0.1, 0.15) is 11.1 Å². The number of benzene rings is 1. The average molecular weight is 287 g/mol. The molecule has 1 aromatic heterocycles. The Morgan fingerprint density at radius 3 is 2.57 bits per heavy atom. The Hall–Kier alpha value is -2.76. The summed E-state index contributed by atoms with van der Waals surface area (Å²) in [5.74, 6) is -2.10.